The van der Waals surface area contributed by atoms with Gasteiger partial charge in [-0.3, -0.25) is 14.9 Å². The van der Waals surface area contributed by atoms with Crippen molar-refractivity contribution in [2.24, 2.45) is 0 Å². The monoisotopic (exact) mass is 421 g/mol. The van der Waals surface area contributed by atoms with Gasteiger partial charge >= 0.3 is 0 Å². The second-order valence-corrected chi connectivity index (χ2v) is 6.41. The Labute approximate surface area is 160 Å². The molecule has 0 radical (unpaired) electrons. The predicted octanol–water partition coefficient (Wildman–Crippen LogP) is 3.74. The van der Waals surface area contributed by atoms with Crippen LogP contribution in [0.3, 0.4) is 0 Å². The number of anilines is 1. The molecular weight excluding hydrogens is 402 g/mol. The average molecular weight is 422 g/mol. The van der Waals surface area contributed by atoms with E-state index < -0.39 is 4.92 Å². The third-order valence-corrected chi connectivity index (χ3v) is 3.96. The summed E-state index contributed by atoms with van der Waals surface area (Å²) < 4.78 is 6.53. The van der Waals surface area contributed by atoms with E-state index in [2.05, 4.69) is 26.6 Å². The van der Waals surface area contributed by atoms with Gasteiger partial charge in [0.15, 0.2) is 0 Å². The number of nitro groups is 1. The molecule has 0 fully saturated rings. The van der Waals surface area contributed by atoms with Crippen LogP contribution in [0.5, 0.6) is 5.75 Å². The Balaban J connectivity index is 1.55. The van der Waals surface area contributed by atoms with Crippen LogP contribution in [0, 0.1) is 10.1 Å². The Morgan fingerprint density at radius 2 is 1.92 bits per heavy atom. The minimum atomic E-state index is -0.440. The summed E-state index contributed by atoms with van der Waals surface area (Å²) in [5, 5.41) is 16.5. The first-order chi connectivity index (χ1) is 12.5. The van der Waals surface area contributed by atoms with Gasteiger partial charge < -0.3 is 15.4 Å². The van der Waals surface area contributed by atoms with Crippen molar-refractivity contribution in [3.8, 4) is 5.75 Å². The van der Waals surface area contributed by atoms with Gasteiger partial charge in [0.05, 0.1) is 11.5 Å². The standard InChI is InChI=1S/C18H20BrN3O4/c19-14-3-1-4-17(13-14)26-12-2-5-18(23)21-11-10-20-15-6-8-16(9-7-15)22(24)25/h1,3-4,6-9,13,20H,2,5,10-12H2,(H,21,23). The molecule has 138 valence electrons. The van der Waals surface area contributed by atoms with Crippen molar-refractivity contribution in [3.05, 3.63) is 63.1 Å². The Morgan fingerprint density at radius 3 is 2.62 bits per heavy atom. The van der Waals surface area contributed by atoms with E-state index in [9.17, 15) is 14.9 Å². The summed E-state index contributed by atoms with van der Waals surface area (Å²) in [5.74, 6) is 0.737. The molecule has 0 saturated heterocycles. The highest BCUT2D eigenvalue weighted by Gasteiger charge is 2.04. The van der Waals surface area contributed by atoms with Crippen LogP contribution < -0.4 is 15.4 Å². The molecule has 2 rings (SSSR count). The normalized spacial score (nSPS) is 10.2. The van der Waals surface area contributed by atoms with Gasteiger partial charge in [0.2, 0.25) is 5.91 Å². The molecule has 0 spiro atoms. The number of carbonyl (C=O) groups is 1. The molecule has 0 aliphatic rings. The molecule has 26 heavy (non-hydrogen) atoms. The van der Waals surface area contributed by atoms with E-state index in [1.54, 1.807) is 12.1 Å². The molecular formula is C18H20BrN3O4. The number of nitro benzene ring substituents is 1. The number of ether oxygens (including phenoxy) is 1. The molecule has 2 aromatic carbocycles. The van der Waals surface area contributed by atoms with E-state index in [4.69, 9.17) is 4.74 Å². The highest BCUT2D eigenvalue weighted by molar-refractivity contribution is 9.10. The highest BCUT2D eigenvalue weighted by atomic mass is 79.9. The molecule has 0 aliphatic carbocycles. The highest BCUT2D eigenvalue weighted by Crippen LogP contribution is 2.18. The summed E-state index contributed by atoms with van der Waals surface area (Å²) in [6.45, 7) is 1.49. The van der Waals surface area contributed by atoms with Gasteiger partial charge in [0, 0.05) is 41.8 Å². The average Bonchev–Trinajstić information content (AvgIpc) is 2.63. The van der Waals surface area contributed by atoms with Crippen LogP contribution >= 0.6 is 15.9 Å². The lowest BCUT2D eigenvalue weighted by Crippen LogP contribution is -2.28. The summed E-state index contributed by atoms with van der Waals surface area (Å²) in [5.41, 5.74) is 0.821. The minimum Gasteiger partial charge on any atom is -0.494 e. The van der Waals surface area contributed by atoms with Gasteiger partial charge in [-0.2, -0.15) is 0 Å². The predicted molar refractivity (Wildman–Crippen MR) is 103 cm³/mol. The summed E-state index contributed by atoms with van der Waals surface area (Å²) in [6, 6.07) is 13.7. The van der Waals surface area contributed by atoms with E-state index in [1.165, 1.54) is 12.1 Å². The zero-order valence-electron chi connectivity index (χ0n) is 14.1. The number of hydrogen-bond acceptors (Lipinski definition) is 5. The largest absolute Gasteiger partial charge is 0.494 e. The van der Waals surface area contributed by atoms with Crippen LogP contribution in [0.15, 0.2) is 53.0 Å². The van der Waals surface area contributed by atoms with Crippen LogP contribution in [-0.2, 0) is 4.79 Å². The topological polar surface area (TPSA) is 93.5 Å². The van der Waals surface area contributed by atoms with Crippen molar-refractivity contribution in [2.75, 3.05) is 25.0 Å². The van der Waals surface area contributed by atoms with Crippen molar-refractivity contribution in [2.45, 2.75) is 12.8 Å². The molecule has 0 saturated carbocycles. The number of halogens is 1. The zero-order valence-corrected chi connectivity index (χ0v) is 15.7. The molecule has 0 aromatic heterocycles. The molecule has 2 N–H and O–H groups in total. The lowest BCUT2D eigenvalue weighted by Gasteiger charge is -2.09. The van der Waals surface area contributed by atoms with Crippen LogP contribution in [0.2, 0.25) is 0 Å². The molecule has 1 amide bonds. The van der Waals surface area contributed by atoms with Crippen molar-refractivity contribution in [1.29, 1.82) is 0 Å². The fourth-order valence-electron chi connectivity index (χ4n) is 2.18. The number of nitrogens with zero attached hydrogens (tertiary/aromatic N) is 1. The van der Waals surface area contributed by atoms with Crippen molar-refractivity contribution in [3.63, 3.8) is 0 Å². The molecule has 0 unspecified atom stereocenters. The molecule has 2 aromatic rings. The van der Waals surface area contributed by atoms with Gasteiger partial charge in [0.25, 0.3) is 5.69 Å². The first-order valence-electron chi connectivity index (χ1n) is 8.18. The van der Waals surface area contributed by atoms with Crippen LogP contribution in [0.25, 0.3) is 0 Å². The van der Waals surface area contributed by atoms with Crippen LogP contribution in [0.4, 0.5) is 11.4 Å². The van der Waals surface area contributed by atoms with Crippen LogP contribution in [-0.4, -0.2) is 30.5 Å². The van der Waals surface area contributed by atoms with Gasteiger partial charge in [0.1, 0.15) is 5.75 Å². The SMILES string of the molecule is O=C(CCCOc1cccc(Br)c1)NCCNc1ccc([N+](=O)[O-])cc1. The van der Waals surface area contributed by atoms with Gasteiger partial charge in [-0.15, -0.1) is 0 Å². The lowest BCUT2D eigenvalue weighted by atomic mass is 10.3. The molecule has 0 heterocycles. The number of hydrogen-bond donors (Lipinski definition) is 2. The van der Waals surface area contributed by atoms with E-state index in [0.717, 1.165) is 15.9 Å². The molecule has 0 atom stereocenters. The molecule has 8 heteroatoms. The Morgan fingerprint density at radius 1 is 1.15 bits per heavy atom. The minimum absolute atomic E-state index is 0.0339. The number of nitrogens with one attached hydrogen (secondary N) is 2. The first kappa shape index (κ1) is 19.7. The Bertz CT molecular complexity index is 737. The number of benzene rings is 2. The number of rotatable bonds is 10. The van der Waals surface area contributed by atoms with Gasteiger partial charge in [-0.25, -0.2) is 0 Å². The quantitative estimate of drug-likeness (QED) is 0.346. The summed E-state index contributed by atoms with van der Waals surface area (Å²) in [4.78, 5) is 21.9. The van der Waals surface area contributed by atoms with Crippen LogP contribution in [0.1, 0.15) is 12.8 Å². The number of non-ortho nitro benzene ring substituents is 1. The number of carbonyl (C=O) groups excluding carboxylic acids is 1. The van der Waals surface area contributed by atoms with E-state index in [1.807, 2.05) is 24.3 Å². The maximum Gasteiger partial charge on any atom is 0.269 e. The summed E-state index contributed by atoms with van der Waals surface area (Å²) in [7, 11) is 0. The van der Waals surface area contributed by atoms with E-state index in [-0.39, 0.29) is 11.6 Å². The third kappa shape index (κ3) is 7.10. The fraction of sp³-hybridized carbons (Fsp3) is 0.278. The molecule has 0 aliphatic heterocycles. The number of amides is 1. The molecule has 0 bridgehead atoms. The second-order valence-electron chi connectivity index (χ2n) is 5.49. The van der Waals surface area contributed by atoms with E-state index >= 15 is 0 Å². The maximum atomic E-state index is 11.8. The van der Waals surface area contributed by atoms with Crippen molar-refractivity contribution < 1.29 is 14.5 Å². The lowest BCUT2D eigenvalue weighted by molar-refractivity contribution is -0.384. The van der Waals surface area contributed by atoms with Gasteiger partial charge in [-0.05, 0) is 36.8 Å². The van der Waals surface area contributed by atoms with Crippen molar-refractivity contribution in [1.82, 2.24) is 5.32 Å². The summed E-state index contributed by atoms with van der Waals surface area (Å²) >= 11 is 3.38. The van der Waals surface area contributed by atoms with Gasteiger partial charge in [-0.1, -0.05) is 22.0 Å². The third-order valence-electron chi connectivity index (χ3n) is 3.47. The Kier molecular flexibility index (Phi) is 7.88. The van der Waals surface area contributed by atoms with E-state index in [0.29, 0.717) is 32.5 Å². The van der Waals surface area contributed by atoms with Crippen molar-refractivity contribution >= 4 is 33.2 Å². The smallest absolute Gasteiger partial charge is 0.269 e. The Hall–Kier alpha value is -2.61. The molecule has 7 nitrogen and oxygen atoms in total. The fourth-order valence-corrected chi connectivity index (χ4v) is 2.56. The zero-order chi connectivity index (χ0) is 18.8. The summed E-state index contributed by atoms with van der Waals surface area (Å²) in [6.07, 6.45) is 1.03. The maximum absolute atomic E-state index is 11.8. The first-order valence-corrected chi connectivity index (χ1v) is 8.97. The second kappa shape index (κ2) is 10.4.